The van der Waals surface area contributed by atoms with E-state index in [0.717, 1.165) is 5.69 Å². The van der Waals surface area contributed by atoms with Crippen LogP contribution >= 0.6 is 11.3 Å². The molecule has 0 aliphatic heterocycles. The van der Waals surface area contributed by atoms with Gasteiger partial charge in [0.15, 0.2) is 0 Å². The van der Waals surface area contributed by atoms with E-state index < -0.39 is 0 Å². The van der Waals surface area contributed by atoms with Gasteiger partial charge in [-0.25, -0.2) is 0 Å². The molecule has 2 aromatic rings. The molecule has 0 radical (unpaired) electrons. The standard InChI is InChI=1S/C14H16N2OS/c1-10(13-4-3-9-18-13)16-12-7-5-11(6-8-12)14(17)15-2/h3-10,16H,1-2H3,(H,15,17). The van der Waals surface area contributed by atoms with Crippen molar-refractivity contribution < 1.29 is 4.79 Å². The maximum atomic E-state index is 11.4. The molecule has 3 nitrogen and oxygen atoms in total. The summed E-state index contributed by atoms with van der Waals surface area (Å²) in [5.74, 6) is -0.0622. The van der Waals surface area contributed by atoms with Crippen LogP contribution in [0.25, 0.3) is 0 Å². The fourth-order valence-electron chi connectivity index (χ4n) is 1.72. The minimum absolute atomic E-state index is 0.0622. The molecule has 1 atom stereocenters. The van der Waals surface area contributed by atoms with E-state index in [2.05, 4.69) is 29.0 Å². The molecule has 0 saturated heterocycles. The van der Waals surface area contributed by atoms with E-state index in [1.165, 1.54) is 4.88 Å². The van der Waals surface area contributed by atoms with Gasteiger partial charge >= 0.3 is 0 Å². The van der Waals surface area contributed by atoms with Crippen molar-refractivity contribution in [2.24, 2.45) is 0 Å². The highest BCUT2D eigenvalue weighted by Gasteiger charge is 2.07. The Hall–Kier alpha value is -1.81. The Morgan fingerprint density at radius 2 is 1.94 bits per heavy atom. The number of amides is 1. The molecule has 0 aliphatic rings. The maximum Gasteiger partial charge on any atom is 0.251 e. The highest BCUT2D eigenvalue weighted by atomic mass is 32.1. The van der Waals surface area contributed by atoms with Crippen LogP contribution in [0.3, 0.4) is 0 Å². The third-order valence-corrected chi connectivity index (χ3v) is 3.78. The van der Waals surface area contributed by atoms with Crippen LogP contribution in [0.4, 0.5) is 5.69 Å². The molecular formula is C14H16N2OS. The Labute approximate surface area is 111 Å². The van der Waals surface area contributed by atoms with Gasteiger partial charge in [0.25, 0.3) is 5.91 Å². The van der Waals surface area contributed by atoms with Crippen LogP contribution in [0.2, 0.25) is 0 Å². The summed E-state index contributed by atoms with van der Waals surface area (Å²) in [6.45, 7) is 2.12. The molecule has 1 amide bonds. The topological polar surface area (TPSA) is 41.1 Å². The minimum atomic E-state index is -0.0622. The predicted molar refractivity (Wildman–Crippen MR) is 76.2 cm³/mol. The lowest BCUT2D eigenvalue weighted by Crippen LogP contribution is -2.17. The van der Waals surface area contributed by atoms with Gasteiger partial charge in [0.2, 0.25) is 0 Å². The second-order valence-electron chi connectivity index (χ2n) is 4.04. The number of hydrogen-bond donors (Lipinski definition) is 2. The molecule has 1 aromatic heterocycles. The van der Waals surface area contributed by atoms with Gasteiger partial charge in [-0.1, -0.05) is 6.07 Å². The molecule has 1 aromatic carbocycles. The number of carbonyl (C=O) groups excluding carboxylic acids is 1. The largest absolute Gasteiger partial charge is 0.378 e. The number of benzene rings is 1. The van der Waals surface area contributed by atoms with E-state index in [1.54, 1.807) is 18.4 Å². The Morgan fingerprint density at radius 3 is 2.50 bits per heavy atom. The third-order valence-electron chi connectivity index (χ3n) is 2.73. The van der Waals surface area contributed by atoms with E-state index in [4.69, 9.17) is 0 Å². The van der Waals surface area contributed by atoms with Crippen LogP contribution in [0.1, 0.15) is 28.2 Å². The number of anilines is 1. The summed E-state index contributed by atoms with van der Waals surface area (Å²) >= 11 is 1.74. The second-order valence-corrected chi connectivity index (χ2v) is 5.02. The molecule has 4 heteroatoms. The summed E-state index contributed by atoms with van der Waals surface area (Å²) in [7, 11) is 1.63. The first-order valence-corrected chi connectivity index (χ1v) is 6.71. The van der Waals surface area contributed by atoms with Crippen LogP contribution in [0.15, 0.2) is 41.8 Å². The minimum Gasteiger partial charge on any atom is -0.378 e. The summed E-state index contributed by atoms with van der Waals surface area (Å²) in [6, 6.07) is 11.9. The van der Waals surface area contributed by atoms with Crippen molar-refractivity contribution in [3.05, 3.63) is 52.2 Å². The fourth-order valence-corrected chi connectivity index (χ4v) is 2.46. The van der Waals surface area contributed by atoms with Gasteiger partial charge in [-0.3, -0.25) is 4.79 Å². The van der Waals surface area contributed by atoms with Gasteiger partial charge in [0.05, 0.1) is 6.04 Å². The van der Waals surface area contributed by atoms with E-state index in [1.807, 2.05) is 30.3 Å². The molecule has 1 unspecified atom stereocenters. The Bertz CT molecular complexity index is 505. The lowest BCUT2D eigenvalue weighted by molar-refractivity contribution is 0.0963. The first-order chi connectivity index (χ1) is 8.70. The van der Waals surface area contributed by atoms with Crippen LogP contribution < -0.4 is 10.6 Å². The number of hydrogen-bond acceptors (Lipinski definition) is 3. The molecule has 0 bridgehead atoms. The van der Waals surface area contributed by atoms with Crippen molar-refractivity contribution in [3.63, 3.8) is 0 Å². The quantitative estimate of drug-likeness (QED) is 0.885. The zero-order chi connectivity index (χ0) is 13.0. The molecule has 2 rings (SSSR count). The zero-order valence-electron chi connectivity index (χ0n) is 10.4. The number of rotatable bonds is 4. The van der Waals surface area contributed by atoms with Crippen LogP contribution in [0.5, 0.6) is 0 Å². The van der Waals surface area contributed by atoms with Crippen molar-refractivity contribution in [2.75, 3.05) is 12.4 Å². The summed E-state index contributed by atoms with van der Waals surface area (Å²) in [5, 5.41) is 8.08. The fraction of sp³-hybridized carbons (Fsp3) is 0.214. The normalized spacial score (nSPS) is 11.9. The van der Waals surface area contributed by atoms with E-state index in [-0.39, 0.29) is 11.9 Å². The van der Waals surface area contributed by atoms with Crippen LogP contribution in [-0.2, 0) is 0 Å². The molecule has 0 saturated carbocycles. The molecule has 0 aliphatic carbocycles. The predicted octanol–water partition coefficient (Wildman–Crippen LogP) is 3.28. The van der Waals surface area contributed by atoms with Gasteiger partial charge in [0, 0.05) is 23.2 Å². The van der Waals surface area contributed by atoms with E-state index >= 15 is 0 Å². The molecule has 0 fully saturated rings. The maximum absolute atomic E-state index is 11.4. The van der Waals surface area contributed by atoms with E-state index in [0.29, 0.717) is 5.56 Å². The smallest absolute Gasteiger partial charge is 0.251 e. The SMILES string of the molecule is CNC(=O)c1ccc(NC(C)c2cccs2)cc1. The summed E-state index contributed by atoms with van der Waals surface area (Å²) in [4.78, 5) is 12.7. The van der Waals surface area contributed by atoms with Crippen molar-refractivity contribution in [1.82, 2.24) is 5.32 Å². The Morgan fingerprint density at radius 1 is 1.22 bits per heavy atom. The lowest BCUT2D eigenvalue weighted by Gasteiger charge is -2.13. The molecule has 2 N–H and O–H groups in total. The van der Waals surface area contributed by atoms with Crippen molar-refractivity contribution in [3.8, 4) is 0 Å². The van der Waals surface area contributed by atoms with Crippen LogP contribution in [-0.4, -0.2) is 13.0 Å². The average molecular weight is 260 g/mol. The molecule has 18 heavy (non-hydrogen) atoms. The van der Waals surface area contributed by atoms with Gasteiger partial charge in [0.1, 0.15) is 0 Å². The van der Waals surface area contributed by atoms with Crippen molar-refractivity contribution >= 4 is 22.9 Å². The highest BCUT2D eigenvalue weighted by molar-refractivity contribution is 7.10. The number of carbonyl (C=O) groups is 1. The van der Waals surface area contributed by atoms with Crippen molar-refractivity contribution in [1.29, 1.82) is 0 Å². The second kappa shape index (κ2) is 5.69. The number of thiophene rings is 1. The molecule has 0 spiro atoms. The Balaban J connectivity index is 2.04. The molecular weight excluding hydrogens is 244 g/mol. The van der Waals surface area contributed by atoms with Gasteiger partial charge < -0.3 is 10.6 Å². The summed E-state index contributed by atoms with van der Waals surface area (Å²) in [5.41, 5.74) is 1.69. The number of nitrogens with one attached hydrogen (secondary N) is 2. The van der Waals surface area contributed by atoms with Crippen LogP contribution in [0, 0.1) is 0 Å². The summed E-state index contributed by atoms with van der Waals surface area (Å²) in [6.07, 6.45) is 0. The lowest BCUT2D eigenvalue weighted by atomic mass is 10.2. The van der Waals surface area contributed by atoms with Gasteiger partial charge in [-0.15, -0.1) is 11.3 Å². The Kier molecular flexibility index (Phi) is 3.99. The van der Waals surface area contributed by atoms with Gasteiger partial charge in [-0.2, -0.15) is 0 Å². The zero-order valence-corrected chi connectivity index (χ0v) is 11.3. The van der Waals surface area contributed by atoms with E-state index in [9.17, 15) is 4.79 Å². The molecule has 94 valence electrons. The first-order valence-electron chi connectivity index (χ1n) is 5.83. The first kappa shape index (κ1) is 12.6. The molecule has 1 heterocycles. The third kappa shape index (κ3) is 2.90. The highest BCUT2D eigenvalue weighted by Crippen LogP contribution is 2.23. The monoisotopic (exact) mass is 260 g/mol. The average Bonchev–Trinajstić information content (AvgIpc) is 2.92. The van der Waals surface area contributed by atoms with Gasteiger partial charge in [-0.05, 0) is 42.6 Å². The summed E-state index contributed by atoms with van der Waals surface area (Å²) < 4.78 is 0. The van der Waals surface area contributed by atoms with Crippen molar-refractivity contribution in [2.45, 2.75) is 13.0 Å².